The largest absolute Gasteiger partial charge is 0.418 e. The lowest BCUT2D eigenvalue weighted by molar-refractivity contribution is -0.137. The SMILES string of the molecule is NC(=O)C1C=CNN1c1ccccc1C(F)(F)F. The molecule has 96 valence electrons. The van der Waals surface area contributed by atoms with Gasteiger partial charge in [0.25, 0.3) is 0 Å². The zero-order valence-corrected chi connectivity index (χ0v) is 9.11. The monoisotopic (exact) mass is 257 g/mol. The van der Waals surface area contributed by atoms with Crippen LogP contribution in [0.15, 0.2) is 36.5 Å². The number of primary amides is 1. The maximum Gasteiger partial charge on any atom is 0.418 e. The van der Waals surface area contributed by atoms with Crippen molar-refractivity contribution in [3.8, 4) is 0 Å². The van der Waals surface area contributed by atoms with Crippen LogP contribution in [0, 0.1) is 0 Å². The van der Waals surface area contributed by atoms with E-state index in [0.717, 1.165) is 11.1 Å². The Morgan fingerprint density at radius 3 is 2.61 bits per heavy atom. The molecule has 0 aliphatic carbocycles. The van der Waals surface area contributed by atoms with Crippen molar-refractivity contribution in [2.45, 2.75) is 12.2 Å². The van der Waals surface area contributed by atoms with Gasteiger partial charge in [0.05, 0.1) is 11.3 Å². The van der Waals surface area contributed by atoms with E-state index in [4.69, 9.17) is 5.73 Å². The molecule has 0 spiro atoms. The lowest BCUT2D eigenvalue weighted by atomic mass is 10.1. The van der Waals surface area contributed by atoms with Gasteiger partial charge >= 0.3 is 6.18 Å². The first-order valence-electron chi connectivity index (χ1n) is 5.09. The van der Waals surface area contributed by atoms with E-state index in [2.05, 4.69) is 5.43 Å². The van der Waals surface area contributed by atoms with Crippen LogP contribution in [0.2, 0.25) is 0 Å². The van der Waals surface area contributed by atoms with Crippen LogP contribution >= 0.6 is 0 Å². The summed E-state index contributed by atoms with van der Waals surface area (Å²) < 4.78 is 38.5. The third-order valence-corrected chi connectivity index (χ3v) is 2.53. The van der Waals surface area contributed by atoms with Crippen molar-refractivity contribution in [3.05, 3.63) is 42.1 Å². The van der Waals surface area contributed by atoms with Crippen LogP contribution in [0.4, 0.5) is 18.9 Å². The quantitative estimate of drug-likeness (QED) is 0.842. The predicted molar refractivity (Wildman–Crippen MR) is 59.2 cm³/mol. The molecular weight excluding hydrogens is 247 g/mol. The third kappa shape index (κ3) is 2.11. The zero-order chi connectivity index (χ0) is 13.3. The lowest BCUT2D eigenvalue weighted by Crippen LogP contribution is -2.46. The number of nitrogens with one attached hydrogen (secondary N) is 1. The molecule has 1 unspecified atom stereocenters. The summed E-state index contributed by atoms with van der Waals surface area (Å²) in [4.78, 5) is 11.2. The molecule has 0 saturated heterocycles. The maximum atomic E-state index is 12.8. The maximum absolute atomic E-state index is 12.8. The Hall–Kier alpha value is -2.18. The first-order chi connectivity index (χ1) is 8.41. The van der Waals surface area contributed by atoms with E-state index in [1.165, 1.54) is 30.5 Å². The predicted octanol–water partition coefficient (Wildman–Crippen LogP) is 1.40. The van der Waals surface area contributed by atoms with E-state index in [9.17, 15) is 18.0 Å². The number of benzene rings is 1. The van der Waals surface area contributed by atoms with Crippen LogP contribution in [0.1, 0.15) is 5.56 Å². The number of alkyl halides is 3. The number of hydrazine groups is 1. The molecule has 18 heavy (non-hydrogen) atoms. The van der Waals surface area contributed by atoms with Crippen molar-refractivity contribution in [1.82, 2.24) is 5.43 Å². The lowest BCUT2D eigenvalue weighted by Gasteiger charge is -2.27. The van der Waals surface area contributed by atoms with Gasteiger partial charge in [-0.05, 0) is 18.2 Å². The van der Waals surface area contributed by atoms with E-state index >= 15 is 0 Å². The molecule has 1 aliphatic heterocycles. The molecule has 0 fully saturated rings. The summed E-state index contributed by atoms with van der Waals surface area (Å²) >= 11 is 0. The van der Waals surface area contributed by atoms with Gasteiger partial charge in [0.15, 0.2) is 0 Å². The summed E-state index contributed by atoms with van der Waals surface area (Å²) in [5.74, 6) is -0.728. The normalized spacial score (nSPS) is 18.8. The van der Waals surface area contributed by atoms with E-state index in [1.54, 1.807) is 0 Å². The van der Waals surface area contributed by atoms with Crippen LogP contribution in [0.25, 0.3) is 0 Å². The number of carbonyl (C=O) groups is 1. The molecule has 1 aliphatic rings. The second-order valence-corrected chi connectivity index (χ2v) is 3.72. The van der Waals surface area contributed by atoms with Gasteiger partial charge in [-0.3, -0.25) is 9.80 Å². The number of hydrogen-bond acceptors (Lipinski definition) is 3. The molecular formula is C11H10F3N3O. The van der Waals surface area contributed by atoms with Crippen molar-refractivity contribution in [3.63, 3.8) is 0 Å². The number of rotatable bonds is 2. The summed E-state index contributed by atoms with van der Waals surface area (Å²) in [5.41, 5.74) is 6.73. The molecule has 7 heteroatoms. The van der Waals surface area contributed by atoms with Crippen molar-refractivity contribution in [2.75, 3.05) is 5.01 Å². The van der Waals surface area contributed by atoms with Gasteiger partial charge in [-0.15, -0.1) is 0 Å². The number of hydrogen-bond donors (Lipinski definition) is 2. The summed E-state index contributed by atoms with van der Waals surface area (Å²) in [7, 11) is 0. The molecule has 0 aromatic heterocycles. The fourth-order valence-electron chi connectivity index (χ4n) is 1.75. The van der Waals surface area contributed by atoms with Gasteiger partial charge in [-0.25, -0.2) is 0 Å². The Morgan fingerprint density at radius 1 is 1.33 bits per heavy atom. The highest BCUT2D eigenvalue weighted by Crippen LogP contribution is 2.37. The van der Waals surface area contributed by atoms with Gasteiger partial charge in [0, 0.05) is 6.20 Å². The third-order valence-electron chi connectivity index (χ3n) is 2.53. The topological polar surface area (TPSA) is 58.4 Å². The minimum atomic E-state index is -4.50. The van der Waals surface area contributed by atoms with E-state index < -0.39 is 23.7 Å². The number of amides is 1. The Balaban J connectivity index is 2.43. The number of para-hydroxylation sites is 1. The van der Waals surface area contributed by atoms with E-state index in [-0.39, 0.29) is 5.69 Å². The van der Waals surface area contributed by atoms with Crippen molar-refractivity contribution in [2.24, 2.45) is 5.73 Å². The molecule has 4 nitrogen and oxygen atoms in total. The molecule has 1 atom stereocenters. The molecule has 0 radical (unpaired) electrons. The van der Waals surface area contributed by atoms with Crippen LogP contribution in [-0.2, 0) is 11.0 Å². The van der Waals surface area contributed by atoms with E-state index in [0.29, 0.717) is 0 Å². The Morgan fingerprint density at radius 2 is 2.00 bits per heavy atom. The number of anilines is 1. The Labute approximate surface area is 101 Å². The van der Waals surface area contributed by atoms with Crippen LogP contribution in [0.5, 0.6) is 0 Å². The highest BCUT2D eigenvalue weighted by molar-refractivity contribution is 5.86. The van der Waals surface area contributed by atoms with Gasteiger partial charge in [0.2, 0.25) is 5.91 Å². The van der Waals surface area contributed by atoms with Crippen LogP contribution < -0.4 is 16.2 Å². The fourth-order valence-corrected chi connectivity index (χ4v) is 1.75. The number of carbonyl (C=O) groups excluding carboxylic acids is 1. The fraction of sp³-hybridized carbons (Fsp3) is 0.182. The van der Waals surface area contributed by atoms with Crippen LogP contribution in [-0.4, -0.2) is 11.9 Å². The molecule has 1 amide bonds. The van der Waals surface area contributed by atoms with Gasteiger partial charge in [-0.1, -0.05) is 12.1 Å². The molecule has 1 aromatic rings. The van der Waals surface area contributed by atoms with Crippen LogP contribution in [0.3, 0.4) is 0 Å². The second-order valence-electron chi connectivity index (χ2n) is 3.72. The highest BCUT2D eigenvalue weighted by atomic mass is 19.4. The summed E-state index contributed by atoms with van der Waals surface area (Å²) in [6.07, 6.45) is -1.72. The summed E-state index contributed by atoms with van der Waals surface area (Å²) in [5, 5.41) is 1.09. The molecule has 2 rings (SSSR count). The smallest absolute Gasteiger partial charge is 0.368 e. The molecule has 0 saturated carbocycles. The van der Waals surface area contributed by atoms with Gasteiger partial charge in [0.1, 0.15) is 6.04 Å². The summed E-state index contributed by atoms with van der Waals surface area (Å²) in [6.45, 7) is 0. The minimum Gasteiger partial charge on any atom is -0.368 e. The number of nitrogens with zero attached hydrogens (tertiary/aromatic N) is 1. The standard InChI is InChI=1S/C11H10F3N3O/c12-11(13,14)7-3-1-2-4-8(7)17-9(10(15)18)5-6-16-17/h1-6,9,16H,(H2,15,18). The Kier molecular flexibility index (Phi) is 2.90. The highest BCUT2D eigenvalue weighted by Gasteiger charge is 2.37. The van der Waals surface area contributed by atoms with E-state index in [1.807, 2.05) is 0 Å². The molecule has 1 aromatic carbocycles. The first kappa shape index (κ1) is 12.3. The average molecular weight is 257 g/mol. The van der Waals surface area contributed by atoms with Crippen molar-refractivity contribution < 1.29 is 18.0 Å². The van der Waals surface area contributed by atoms with Gasteiger partial charge in [-0.2, -0.15) is 13.2 Å². The summed E-state index contributed by atoms with van der Waals surface area (Å²) in [6, 6.07) is 4.04. The minimum absolute atomic E-state index is 0.140. The second kappa shape index (κ2) is 4.25. The molecule has 0 bridgehead atoms. The Bertz CT molecular complexity index is 499. The molecule has 3 N–H and O–H groups in total. The van der Waals surface area contributed by atoms with Crippen molar-refractivity contribution in [1.29, 1.82) is 0 Å². The molecule has 1 heterocycles. The van der Waals surface area contributed by atoms with Crippen molar-refractivity contribution >= 4 is 11.6 Å². The van der Waals surface area contributed by atoms with Gasteiger partial charge < -0.3 is 11.2 Å². The first-order valence-corrected chi connectivity index (χ1v) is 5.09. The zero-order valence-electron chi connectivity index (χ0n) is 9.11. The average Bonchev–Trinajstić information content (AvgIpc) is 2.76. The number of halogens is 3. The number of nitrogens with two attached hydrogens (primary N) is 1.